The van der Waals surface area contributed by atoms with Crippen molar-refractivity contribution in [3.8, 4) is 0 Å². The second kappa shape index (κ2) is 8.84. The molecule has 0 spiro atoms. The maximum atomic E-state index is 13.0. The molecule has 1 aliphatic rings. The first-order valence-electron chi connectivity index (χ1n) is 10.5. The average Bonchev–Trinajstić information content (AvgIpc) is 3.55. The van der Waals surface area contributed by atoms with Crippen LogP contribution in [-0.4, -0.2) is 50.7 Å². The van der Waals surface area contributed by atoms with Crippen molar-refractivity contribution in [2.24, 2.45) is 0 Å². The highest BCUT2D eigenvalue weighted by Crippen LogP contribution is 2.35. The van der Waals surface area contributed by atoms with Gasteiger partial charge in [0, 0.05) is 58.6 Å². The molecular weight excluding hydrogens is 447 g/mol. The van der Waals surface area contributed by atoms with Crippen molar-refractivity contribution in [3.05, 3.63) is 82.0 Å². The Balaban J connectivity index is 1.37. The lowest BCUT2D eigenvalue weighted by atomic mass is 9.91. The smallest absolute Gasteiger partial charge is 0.317 e. The van der Waals surface area contributed by atoms with E-state index in [2.05, 4.69) is 31.5 Å². The second-order valence-electron chi connectivity index (χ2n) is 8.00. The summed E-state index contributed by atoms with van der Waals surface area (Å²) in [4.78, 5) is 22.4. The van der Waals surface area contributed by atoms with Crippen molar-refractivity contribution in [1.82, 2.24) is 30.4 Å². The number of hydrogen-bond acceptors (Lipinski definition) is 3. The van der Waals surface area contributed by atoms with Gasteiger partial charge in [-0.15, -0.1) is 0 Å². The van der Waals surface area contributed by atoms with Crippen LogP contribution in [0.3, 0.4) is 0 Å². The van der Waals surface area contributed by atoms with E-state index in [1.54, 1.807) is 6.07 Å². The molecule has 1 aliphatic heterocycles. The average molecular weight is 469 g/mol. The first kappa shape index (κ1) is 20.8. The maximum Gasteiger partial charge on any atom is 0.317 e. The Labute approximate surface area is 195 Å². The lowest BCUT2D eigenvalue weighted by Crippen LogP contribution is -2.40. The van der Waals surface area contributed by atoms with Crippen LogP contribution >= 0.6 is 23.2 Å². The largest absolute Gasteiger partial charge is 0.361 e. The zero-order valence-corrected chi connectivity index (χ0v) is 18.7. The van der Waals surface area contributed by atoms with Gasteiger partial charge in [-0.25, -0.2) is 9.78 Å². The Kier molecular flexibility index (Phi) is 5.76. The third-order valence-corrected chi connectivity index (χ3v) is 6.65. The number of urea groups is 1. The van der Waals surface area contributed by atoms with Gasteiger partial charge in [0.05, 0.1) is 0 Å². The summed E-state index contributed by atoms with van der Waals surface area (Å²) in [5.41, 5.74) is 3.03. The monoisotopic (exact) mass is 468 g/mol. The second-order valence-corrected chi connectivity index (χ2v) is 8.84. The number of H-pyrrole nitrogens is 2. The van der Waals surface area contributed by atoms with Crippen molar-refractivity contribution < 1.29 is 4.79 Å². The molecule has 0 aliphatic carbocycles. The molecule has 2 aromatic carbocycles. The third kappa shape index (κ3) is 4.06. The number of carbonyl (C=O) groups is 1. The molecule has 2 amide bonds. The zero-order chi connectivity index (χ0) is 22.1. The molecule has 1 fully saturated rings. The molecule has 1 saturated heterocycles. The normalized spacial score (nSPS) is 17.1. The third-order valence-electron chi connectivity index (χ3n) is 6.09. The Morgan fingerprint density at radius 2 is 2.09 bits per heavy atom. The first-order valence-corrected chi connectivity index (χ1v) is 11.2. The number of rotatable bonds is 5. The molecule has 164 valence electrons. The predicted molar refractivity (Wildman–Crippen MR) is 125 cm³/mol. The molecule has 4 aromatic rings. The standard InChI is InChI=1S/C23H22Cl2N6O/c24-15-5-6-16(20(25)9-15)18(19-10-26-21-4-2-1-3-17(19)21)11-27-23(32)31-8-7-14(12-31)22-28-13-29-30-22/h1-6,9-10,13-14,18,26H,7-8,11-12H2,(H,27,32)(H,28,29,30). The molecule has 7 nitrogen and oxygen atoms in total. The number of amides is 2. The van der Waals surface area contributed by atoms with Crippen LogP contribution in [-0.2, 0) is 0 Å². The van der Waals surface area contributed by atoms with Gasteiger partial charge in [0.25, 0.3) is 0 Å². The van der Waals surface area contributed by atoms with Crippen molar-refractivity contribution in [3.63, 3.8) is 0 Å². The van der Waals surface area contributed by atoms with Gasteiger partial charge in [-0.2, -0.15) is 5.10 Å². The quantitative estimate of drug-likeness (QED) is 0.388. The van der Waals surface area contributed by atoms with Crippen LogP contribution in [0.5, 0.6) is 0 Å². The molecule has 9 heteroatoms. The molecule has 32 heavy (non-hydrogen) atoms. The Hall–Kier alpha value is -3.03. The summed E-state index contributed by atoms with van der Waals surface area (Å²) in [6.45, 7) is 1.70. The van der Waals surface area contributed by atoms with Gasteiger partial charge in [-0.1, -0.05) is 47.5 Å². The van der Waals surface area contributed by atoms with Crippen molar-refractivity contribution in [1.29, 1.82) is 0 Å². The van der Waals surface area contributed by atoms with Crippen LogP contribution in [0.25, 0.3) is 10.9 Å². The molecule has 5 rings (SSSR count). The molecule has 0 saturated carbocycles. The summed E-state index contributed by atoms with van der Waals surface area (Å²) in [6.07, 6.45) is 4.35. The number of hydrogen-bond donors (Lipinski definition) is 3. The molecule has 0 radical (unpaired) electrons. The minimum Gasteiger partial charge on any atom is -0.361 e. The van der Waals surface area contributed by atoms with E-state index in [1.165, 1.54) is 6.33 Å². The molecule has 3 heterocycles. The van der Waals surface area contributed by atoms with Gasteiger partial charge in [-0.3, -0.25) is 5.10 Å². The van der Waals surface area contributed by atoms with E-state index in [4.69, 9.17) is 23.2 Å². The lowest BCUT2D eigenvalue weighted by Gasteiger charge is -2.22. The van der Waals surface area contributed by atoms with Crippen LogP contribution in [0.4, 0.5) is 4.79 Å². The highest BCUT2D eigenvalue weighted by molar-refractivity contribution is 6.35. The highest BCUT2D eigenvalue weighted by atomic mass is 35.5. The fourth-order valence-corrected chi connectivity index (χ4v) is 4.97. The lowest BCUT2D eigenvalue weighted by molar-refractivity contribution is 0.208. The van der Waals surface area contributed by atoms with E-state index in [0.29, 0.717) is 29.7 Å². The number of benzene rings is 2. The summed E-state index contributed by atoms with van der Waals surface area (Å²) in [5, 5.41) is 12.2. The number of fused-ring (bicyclic) bond motifs is 1. The maximum absolute atomic E-state index is 13.0. The Bertz CT molecular complexity index is 1240. The van der Waals surface area contributed by atoms with Gasteiger partial charge in [0.1, 0.15) is 12.2 Å². The number of carbonyl (C=O) groups excluding carboxylic acids is 1. The van der Waals surface area contributed by atoms with Gasteiger partial charge in [0.2, 0.25) is 0 Å². The summed E-state index contributed by atoms with van der Waals surface area (Å²) < 4.78 is 0. The van der Waals surface area contributed by atoms with E-state index >= 15 is 0 Å². The van der Waals surface area contributed by atoms with Gasteiger partial charge < -0.3 is 15.2 Å². The minimum absolute atomic E-state index is 0.0954. The van der Waals surface area contributed by atoms with Crippen molar-refractivity contribution in [2.45, 2.75) is 18.3 Å². The number of likely N-dealkylation sites (tertiary alicyclic amines) is 1. The van der Waals surface area contributed by atoms with Gasteiger partial charge in [0.15, 0.2) is 0 Å². The van der Waals surface area contributed by atoms with Crippen molar-refractivity contribution in [2.75, 3.05) is 19.6 Å². The number of nitrogens with zero attached hydrogens (tertiary/aromatic N) is 3. The number of nitrogens with one attached hydrogen (secondary N) is 3. The summed E-state index contributed by atoms with van der Waals surface area (Å²) in [6, 6.07) is 13.5. The number of aromatic amines is 2. The molecule has 0 bridgehead atoms. The zero-order valence-electron chi connectivity index (χ0n) is 17.2. The SMILES string of the molecule is O=C(NCC(c1ccc(Cl)cc1Cl)c1c[nH]c2ccccc12)N1CCC(c2ncn[nH]2)C1. The number of para-hydroxylation sites is 1. The molecule has 3 N–H and O–H groups in total. The topological polar surface area (TPSA) is 89.7 Å². The van der Waals surface area contributed by atoms with E-state index in [9.17, 15) is 4.79 Å². The highest BCUT2D eigenvalue weighted by Gasteiger charge is 2.30. The predicted octanol–water partition coefficient (Wildman–Crippen LogP) is 4.92. The number of aromatic nitrogens is 4. The van der Waals surface area contributed by atoms with Crippen LogP contribution in [0, 0.1) is 0 Å². The summed E-state index contributed by atoms with van der Waals surface area (Å²) >= 11 is 12.7. The molecule has 2 atom stereocenters. The Morgan fingerprint density at radius 1 is 1.22 bits per heavy atom. The molecular formula is C23H22Cl2N6O. The van der Waals surface area contributed by atoms with E-state index in [0.717, 1.165) is 34.3 Å². The molecule has 2 aromatic heterocycles. The van der Waals surface area contributed by atoms with Gasteiger partial charge in [-0.05, 0) is 35.7 Å². The summed E-state index contributed by atoms with van der Waals surface area (Å²) in [7, 11) is 0. The minimum atomic E-state index is -0.132. The number of halogens is 2. The van der Waals surface area contributed by atoms with Crippen LogP contribution in [0.1, 0.15) is 35.2 Å². The molecule has 2 unspecified atom stereocenters. The van der Waals surface area contributed by atoms with Gasteiger partial charge >= 0.3 is 6.03 Å². The van der Waals surface area contributed by atoms with E-state index in [1.807, 2.05) is 41.4 Å². The van der Waals surface area contributed by atoms with E-state index < -0.39 is 0 Å². The van der Waals surface area contributed by atoms with Crippen LogP contribution in [0.15, 0.2) is 55.0 Å². The fraction of sp³-hybridized carbons (Fsp3) is 0.261. The van der Waals surface area contributed by atoms with E-state index in [-0.39, 0.29) is 17.9 Å². The Morgan fingerprint density at radius 3 is 2.91 bits per heavy atom. The fourth-order valence-electron chi connectivity index (χ4n) is 4.43. The first-order chi connectivity index (χ1) is 15.6. The van der Waals surface area contributed by atoms with Crippen molar-refractivity contribution >= 4 is 40.1 Å². The summed E-state index contributed by atoms with van der Waals surface area (Å²) in [5.74, 6) is 0.871. The van der Waals surface area contributed by atoms with Crippen LogP contribution in [0.2, 0.25) is 10.0 Å². The van der Waals surface area contributed by atoms with Crippen LogP contribution < -0.4 is 5.32 Å².